The third-order valence-electron chi connectivity index (χ3n) is 1.53. The topological polar surface area (TPSA) is 25.8 Å². The Bertz CT molecular complexity index is 324. The molecule has 0 aromatic carbocycles. The van der Waals surface area contributed by atoms with Gasteiger partial charge in [-0.1, -0.05) is 12.1 Å². The number of hydrogen-bond acceptors (Lipinski definition) is 2. The highest BCUT2D eigenvalue weighted by atomic mass is 31.1. The van der Waals surface area contributed by atoms with Crippen LogP contribution in [0.5, 0.6) is 0 Å². The van der Waals surface area contributed by atoms with Crippen LogP contribution in [0, 0.1) is 0 Å². The molecular formula is C10H8N2P. The first kappa shape index (κ1) is 8.33. The molecule has 2 heterocycles. The van der Waals surface area contributed by atoms with Crippen LogP contribution in [0.25, 0.3) is 0 Å². The number of pyridine rings is 2. The number of aromatic nitrogens is 2. The molecule has 1 radical (unpaired) electrons. The molecule has 0 amide bonds. The van der Waals surface area contributed by atoms with Gasteiger partial charge in [0.15, 0.2) is 0 Å². The fourth-order valence-corrected chi connectivity index (χ4v) is 1.76. The summed E-state index contributed by atoms with van der Waals surface area (Å²) in [7, 11) is 1.06. The molecule has 3 heteroatoms. The molecule has 0 aliphatic rings. The summed E-state index contributed by atoms with van der Waals surface area (Å²) in [5, 5.41) is 0. The molecule has 2 nitrogen and oxygen atoms in total. The molecule has 0 saturated carbocycles. The maximum Gasteiger partial charge on any atom is 0.0743 e. The van der Waals surface area contributed by atoms with Crippen LogP contribution in [0.1, 0.15) is 0 Å². The fraction of sp³-hybridized carbons (Fsp3) is 0. The van der Waals surface area contributed by atoms with E-state index in [4.69, 9.17) is 0 Å². The van der Waals surface area contributed by atoms with Crippen LogP contribution in [-0.4, -0.2) is 9.97 Å². The molecule has 0 N–H and O–H groups in total. The predicted octanol–water partition coefficient (Wildman–Crippen LogP) is 1.37. The Morgan fingerprint density at radius 2 is 1.31 bits per heavy atom. The zero-order chi connectivity index (χ0) is 8.93. The van der Waals surface area contributed by atoms with E-state index in [1.165, 1.54) is 0 Å². The van der Waals surface area contributed by atoms with Crippen molar-refractivity contribution in [1.29, 1.82) is 0 Å². The van der Waals surface area contributed by atoms with Crippen molar-refractivity contribution in [3.05, 3.63) is 48.8 Å². The molecular weight excluding hydrogens is 179 g/mol. The standard InChI is InChI=1S/C10H8N2P/c1-3-7-11-9(5-1)13-10-6-2-4-8-12-10/h1-8H. The summed E-state index contributed by atoms with van der Waals surface area (Å²) < 4.78 is 0. The molecule has 0 fully saturated rings. The molecule has 0 bridgehead atoms. The lowest BCUT2D eigenvalue weighted by Gasteiger charge is -1.96. The molecule has 2 rings (SSSR count). The minimum absolute atomic E-state index is 1.03. The first-order valence-corrected chi connectivity index (χ1v) is 4.88. The first-order valence-electron chi connectivity index (χ1n) is 3.99. The largest absolute Gasteiger partial charge is 0.256 e. The van der Waals surface area contributed by atoms with Crippen molar-refractivity contribution < 1.29 is 0 Å². The Hall–Kier alpha value is -1.27. The van der Waals surface area contributed by atoms with E-state index in [0.29, 0.717) is 0 Å². The Morgan fingerprint density at radius 3 is 1.69 bits per heavy atom. The maximum atomic E-state index is 4.22. The SMILES string of the molecule is c1ccc([P]c2ccccn2)nc1. The summed E-state index contributed by atoms with van der Waals surface area (Å²) in [6.45, 7) is 0. The van der Waals surface area contributed by atoms with E-state index in [1.807, 2.05) is 36.4 Å². The number of hydrogen-bond donors (Lipinski definition) is 0. The molecule has 0 aliphatic heterocycles. The highest BCUT2D eigenvalue weighted by molar-refractivity contribution is 7.54. The lowest BCUT2D eigenvalue weighted by molar-refractivity contribution is 1.38. The monoisotopic (exact) mass is 187 g/mol. The van der Waals surface area contributed by atoms with Gasteiger partial charge in [0.2, 0.25) is 0 Å². The predicted molar refractivity (Wildman–Crippen MR) is 54.7 cm³/mol. The van der Waals surface area contributed by atoms with Crippen molar-refractivity contribution >= 4 is 19.5 Å². The van der Waals surface area contributed by atoms with Crippen LogP contribution < -0.4 is 10.9 Å². The van der Waals surface area contributed by atoms with Gasteiger partial charge < -0.3 is 0 Å². The Balaban J connectivity index is 2.16. The number of nitrogens with zero attached hydrogens (tertiary/aromatic N) is 2. The Morgan fingerprint density at radius 1 is 0.769 bits per heavy atom. The van der Waals surface area contributed by atoms with Crippen LogP contribution in [0.4, 0.5) is 0 Å². The van der Waals surface area contributed by atoms with E-state index >= 15 is 0 Å². The molecule has 0 spiro atoms. The van der Waals surface area contributed by atoms with E-state index in [0.717, 1.165) is 19.5 Å². The van der Waals surface area contributed by atoms with Crippen molar-refractivity contribution in [2.24, 2.45) is 0 Å². The molecule has 63 valence electrons. The van der Waals surface area contributed by atoms with Crippen LogP contribution >= 0.6 is 8.58 Å². The van der Waals surface area contributed by atoms with Crippen LogP contribution in [0.2, 0.25) is 0 Å². The van der Waals surface area contributed by atoms with Gasteiger partial charge in [-0.3, -0.25) is 9.97 Å². The minimum Gasteiger partial charge on any atom is -0.256 e. The van der Waals surface area contributed by atoms with Crippen LogP contribution in [0.15, 0.2) is 48.8 Å². The highest BCUT2D eigenvalue weighted by Gasteiger charge is 1.96. The number of rotatable bonds is 2. The molecule has 0 atom stereocenters. The van der Waals surface area contributed by atoms with Gasteiger partial charge in [-0.15, -0.1) is 0 Å². The zero-order valence-electron chi connectivity index (χ0n) is 6.96. The average molecular weight is 187 g/mol. The summed E-state index contributed by atoms with van der Waals surface area (Å²) in [5.74, 6) is 0. The maximum absolute atomic E-state index is 4.22. The van der Waals surface area contributed by atoms with Gasteiger partial charge in [-0.25, -0.2) is 0 Å². The summed E-state index contributed by atoms with van der Waals surface area (Å²) in [6, 6.07) is 11.8. The van der Waals surface area contributed by atoms with Gasteiger partial charge in [-0.05, 0) is 24.3 Å². The van der Waals surface area contributed by atoms with Crippen molar-refractivity contribution in [3.63, 3.8) is 0 Å². The minimum atomic E-state index is 1.03. The van der Waals surface area contributed by atoms with Gasteiger partial charge in [0.1, 0.15) is 0 Å². The third kappa shape index (κ3) is 2.33. The lowest BCUT2D eigenvalue weighted by Crippen LogP contribution is -2.08. The van der Waals surface area contributed by atoms with E-state index < -0.39 is 0 Å². The normalized spacial score (nSPS) is 9.85. The lowest BCUT2D eigenvalue weighted by atomic mass is 10.5. The van der Waals surface area contributed by atoms with E-state index in [-0.39, 0.29) is 0 Å². The molecule has 13 heavy (non-hydrogen) atoms. The quantitative estimate of drug-likeness (QED) is 0.663. The molecule has 2 aromatic rings. The fourth-order valence-electron chi connectivity index (χ4n) is 0.957. The van der Waals surface area contributed by atoms with E-state index in [2.05, 4.69) is 9.97 Å². The van der Waals surface area contributed by atoms with Gasteiger partial charge in [0.05, 0.1) is 10.9 Å². The Kier molecular flexibility index (Phi) is 2.63. The second-order valence-corrected chi connectivity index (χ2v) is 3.63. The van der Waals surface area contributed by atoms with Crippen molar-refractivity contribution in [2.45, 2.75) is 0 Å². The van der Waals surface area contributed by atoms with Gasteiger partial charge in [0.25, 0.3) is 0 Å². The van der Waals surface area contributed by atoms with Crippen molar-refractivity contribution in [1.82, 2.24) is 9.97 Å². The average Bonchev–Trinajstić information content (AvgIpc) is 2.21. The molecule has 0 unspecified atom stereocenters. The second-order valence-electron chi connectivity index (χ2n) is 2.49. The third-order valence-corrected chi connectivity index (χ3v) is 2.51. The zero-order valence-corrected chi connectivity index (χ0v) is 7.85. The van der Waals surface area contributed by atoms with E-state index in [9.17, 15) is 0 Å². The summed E-state index contributed by atoms with van der Waals surface area (Å²) in [6.07, 6.45) is 3.59. The molecule has 0 saturated heterocycles. The van der Waals surface area contributed by atoms with Gasteiger partial charge in [-0.2, -0.15) is 0 Å². The second kappa shape index (κ2) is 4.11. The molecule has 0 aliphatic carbocycles. The molecule has 2 aromatic heterocycles. The van der Waals surface area contributed by atoms with Crippen molar-refractivity contribution in [3.8, 4) is 0 Å². The van der Waals surface area contributed by atoms with E-state index in [1.54, 1.807) is 12.4 Å². The smallest absolute Gasteiger partial charge is 0.0743 e. The van der Waals surface area contributed by atoms with Gasteiger partial charge >= 0.3 is 0 Å². The summed E-state index contributed by atoms with van der Waals surface area (Å²) >= 11 is 0. The van der Waals surface area contributed by atoms with Crippen molar-refractivity contribution in [2.75, 3.05) is 0 Å². The van der Waals surface area contributed by atoms with Crippen LogP contribution in [-0.2, 0) is 0 Å². The van der Waals surface area contributed by atoms with Crippen LogP contribution in [0.3, 0.4) is 0 Å². The highest BCUT2D eigenvalue weighted by Crippen LogP contribution is 2.04. The van der Waals surface area contributed by atoms with Gasteiger partial charge in [0, 0.05) is 21.0 Å². The summed E-state index contributed by atoms with van der Waals surface area (Å²) in [5.41, 5.74) is 2.06. The first-order chi connectivity index (χ1) is 6.45. The summed E-state index contributed by atoms with van der Waals surface area (Å²) in [4.78, 5) is 8.44. The Labute approximate surface area is 78.8 Å².